The molecule has 0 aromatic carbocycles. The largest absolute Gasteiger partial charge is 0.393 e. The van der Waals surface area contributed by atoms with Gasteiger partial charge in [-0.25, -0.2) is 0 Å². The molecule has 2 atom stereocenters. The lowest BCUT2D eigenvalue weighted by Gasteiger charge is -2.33. The molecule has 14 heavy (non-hydrogen) atoms. The van der Waals surface area contributed by atoms with Crippen LogP contribution in [0, 0.1) is 0 Å². The van der Waals surface area contributed by atoms with Crippen LogP contribution in [-0.2, 0) is 14.2 Å². The van der Waals surface area contributed by atoms with Gasteiger partial charge in [-0.3, -0.25) is 0 Å². The third-order valence-corrected chi connectivity index (χ3v) is 3.37. The van der Waals surface area contributed by atoms with E-state index in [-0.39, 0.29) is 18.3 Å². The van der Waals surface area contributed by atoms with Gasteiger partial charge in [-0.05, 0) is 12.8 Å². The molecule has 2 heterocycles. The normalized spacial score (nSPS) is 52.5. The molecular formula is C10H16O4. The van der Waals surface area contributed by atoms with Crippen molar-refractivity contribution in [2.24, 2.45) is 0 Å². The van der Waals surface area contributed by atoms with E-state index in [0.29, 0.717) is 6.61 Å². The standard InChI is InChI=1S/C10H16O4/c11-7-1-3-10(4-2-7)13-6-9(14-10)8-5-12-8/h7-9,11H,1-6H2. The highest BCUT2D eigenvalue weighted by Gasteiger charge is 2.49. The van der Waals surface area contributed by atoms with Crippen LogP contribution >= 0.6 is 0 Å². The average Bonchev–Trinajstić information content (AvgIpc) is 2.96. The van der Waals surface area contributed by atoms with Crippen molar-refractivity contribution in [3.8, 4) is 0 Å². The first-order valence-corrected chi connectivity index (χ1v) is 5.39. The second-order valence-corrected chi connectivity index (χ2v) is 4.48. The Morgan fingerprint density at radius 1 is 1.07 bits per heavy atom. The number of hydrogen-bond donors (Lipinski definition) is 1. The van der Waals surface area contributed by atoms with Crippen molar-refractivity contribution in [3.05, 3.63) is 0 Å². The van der Waals surface area contributed by atoms with E-state index in [0.717, 1.165) is 32.3 Å². The van der Waals surface area contributed by atoms with E-state index in [4.69, 9.17) is 14.2 Å². The van der Waals surface area contributed by atoms with E-state index in [9.17, 15) is 5.11 Å². The van der Waals surface area contributed by atoms with Gasteiger partial charge in [0.15, 0.2) is 5.79 Å². The second kappa shape index (κ2) is 3.17. The maximum absolute atomic E-state index is 9.40. The van der Waals surface area contributed by atoms with Gasteiger partial charge in [0.05, 0.1) is 19.3 Å². The lowest BCUT2D eigenvalue weighted by Crippen LogP contribution is -2.37. The van der Waals surface area contributed by atoms with E-state index in [1.54, 1.807) is 0 Å². The van der Waals surface area contributed by atoms with Crippen molar-refractivity contribution in [3.63, 3.8) is 0 Å². The minimum atomic E-state index is -0.393. The Balaban J connectivity index is 1.62. The molecule has 0 bridgehead atoms. The van der Waals surface area contributed by atoms with Crippen LogP contribution in [-0.4, -0.2) is 42.4 Å². The lowest BCUT2D eigenvalue weighted by atomic mass is 9.92. The first-order chi connectivity index (χ1) is 6.77. The fourth-order valence-corrected chi connectivity index (χ4v) is 2.34. The van der Waals surface area contributed by atoms with E-state index >= 15 is 0 Å². The highest BCUT2D eigenvalue weighted by Crippen LogP contribution is 2.40. The third kappa shape index (κ3) is 1.56. The zero-order valence-electron chi connectivity index (χ0n) is 8.15. The number of epoxide rings is 1. The SMILES string of the molecule is OC1CCC2(CC1)OCC(C1CO1)O2. The molecule has 3 rings (SSSR count). The van der Waals surface area contributed by atoms with Gasteiger partial charge in [0, 0.05) is 12.8 Å². The maximum atomic E-state index is 9.40. The Hall–Kier alpha value is -0.160. The van der Waals surface area contributed by atoms with Crippen LogP contribution in [0.5, 0.6) is 0 Å². The lowest BCUT2D eigenvalue weighted by molar-refractivity contribution is -0.198. The predicted molar refractivity (Wildman–Crippen MR) is 47.8 cm³/mol. The highest BCUT2D eigenvalue weighted by molar-refractivity contribution is 4.90. The van der Waals surface area contributed by atoms with Gasteiger partial charge in [-0.1, -0.05) is 0 Å². The van der Waals surface area contributed by atoms with Gasteiger partial charge in [-0.15, -0.1) is 0 Å². The van der Waals surface area contributed by atoms with Crippen molar-refractivity contribution in [2.45, 2.75) is 49.8 Å². The van der Waals surface area contributed by atoms with Gasteiger partial charge in [0.2, 0.25) is 0 Å². The Morgan fingerprint density at radius 2 is 1.79 bits per heavy atom. The molecule has 1 aliphatic carbocycles. The molecule has 2 saturated heterocycles. The smallest absolute Gasteiger partial charge is 0.169 e. The number of rotatable bonds is 1. The van der Waals surface area contributed by atoms with Crippen LogP contribution in [0.4, 0.5) is 0 Å². The zero-order valence-corrected chi connectivity index (χ0v) is 8.15. The molecule has 4 nitrogen and oxygen atoms in total. The van der Waals surface area contributed by atoms with E-state index in [2.05, 4.69) is 0 Å². The number of aliphatic hydroxyl groups excluding tert-OH is 1. The Morgan fingerprint density at radius 3 is 2.43 bits per heavy atom. The fourth-order valence-electron chi connectivity index (χ4n) is 2.34. The summed E-state index contributed by atoms with van der Waals surface area (Å²) in [5, 5.41) is 9.40. The molecule has 4 heteroatoms. The molecule has 1 spiro atoms. The molecule has 1 saturated carbocycles. The zero-order chi connectivity index (χ0) is 9.60. The van der Waals surface area contributed by atoms with E-state index in [1.807, 2.05) is 0 Å². The van der Waals surface area contributed by atoms with Crippen molar-refractivity contribution in [1.29, 1.82) is 0 Å². The van der Waals surface area contributed by atoms with Gasteiger partial charge in [0.1, 0.15) is 12.2 Å². The highest BCUT2D eigenvalue weighted by atomic mass is 16.8. The summed E-state index contributed by atoms with van der Waals surface area (Å²) >= 11 is 0. The van der Waals surface area contributed by atoms with Crippen molar-refractivity contribution in [2.75, 3.05) is 13.2 Å². The summed E-state index contributed by atoms with van der Waals surface area (Å²) < 4.78 is 16.8. The molecule has 3 fully saturated rings. The summed E-state index contributed by atoms with van der Waals surface area (Å²) in [5.41, 5.74) is 0. The van der Waals surface area contributed by atoms with E-state index < -0.39 is 5.79 Å². The van der Waals surface area contributed by atoms with Crippen LogP contribution < -0.4 is 0 Å². The monoisotopic (exact) mass is 200 g/mol. The summed E-state index contributed by atoms with van der Waals surface area (Å²) in [6.45, 7) is 1.47. The molecule has 80 valence electrons. The topological polar surface area (TPSA) is 51.2 Å². The van der Waals surface area contributed by atoms with Crippen molar-refractivity contribution < 1.29 is 19.3 Å². The van der Waals surface area contributed by atoms with Crippen LogP contribution in [0.15, 0.2) is 0 Å². The Bertz CT molecular complexity index is 218. The number of hydrogen-bond acceptors (Lipinski definition) is 4. The quantitative estimate of drug-likeness (QED) is 0.624. The molecule has 0 radical (unpaired) electrons. The summed E-state index contributed by atoms with van der Waals surface area (Å²) in [5.74, 6) is -0.393. The molecule has 2 aliphatic heterocycles. The summed E-state index contributed by atoms with van der Waals surface area (Å²) in [6, 6.07) is 0. The third-order valence-electron chi connectivity index (χ3n) is 3.37. The molecule has 3 aliphatic rings. The predicted octanol–water partition coefficient (Wildman–Crippen LogP) is 0.432. The van der Waals surface area contributed by atoms with Crippen LogP contribution in [0.2, 0.25) is 0 Å². The van der Waals surface area contributed by atoms with Crippen LogP contribution in [0.1, 0.15) is 25.7 Å². The molecule has 0 aromatic rings. The van der Waals surface area contributed by atoms with E-state index in [1.165, 1.54) is 0 Å². The van der Waals surface area contributed by atoms with Gasteiger partial charge < -0.3 is 19.3 Å². The number of aliphatic hydroxyl groups is 1. The number of ether oxygens (including phenoxy) is 3. The first kappa shape index (κ1) is 9.09. The first-order valence-electron chi connectivity index (χ1n) is 5.39. The summed E-state index contributed by atoms with van der Waals surface area (Å²) in [6.07, 6.45) is 3.45. The van der Waals surface area contributed by atoms with Crippen LogP contribution in [0.25, 0.3) is 0 Å². The average molecular weight is 200 g/mol. The molecule has 2 unspecified atom stereocenters. The maximum Gasteiger partial charge on any atom is 0.169 e. The van der Waals surface area contributed by atoms with Gasteiger partial charge >= 0.3 is 0 Å². The minimum Gasteiger partial charge on any atom is -0.393 e. The minimum absolute atomic E-state index is 0.130. The molecular weight excluding hydrogens is 184 g/mol. The molecule has 0 amide bonds. The van der Waals surface area contributed by atoms with Crippen molar-refractivity contribution in [1.82, 2.24) is 0 Å². The van der Waals surface area contributed by atoms with Gasteiger partial charge in [-0.2, -0.15) is 0 Å². The summed E-state index contributed by atoms with van der Waals surface area (Å²) in [4.78, 5) is 0. The van der Waals surface area contributed by atoms with Gasteiger partial charge in [0.25, 0.3) is 0 Å². The van der Waals surface area contributed by atoms with Crippen molar-refractivity contribution >= 4 is 0 Å². The Kier molecular flexibility index (Phi) is 2.06. The molecule has 1 N–H and O–H groups in total. The Labute approximate surface area is 83.1 Å². The second-order valence-electron chi connectivity index (χ2n) is 4.48. The summed E-state index contributed by atoms with van der Waals surface area (Å²) in [7, 11) is 0. The van der Waals surface area contributed by atoms with Crippen LogP contribution in [0.3, 0.4) is 0 Å². The molecule has 0 aromatic heterocycles. The fraction of sp³-hybridized carbons (Fsp3) is 1.00.